The van der Waals surface area contributed by atoms with Gasteiger partial charge in [0.15, 0.2) is 0 Å². The molecule has 2 aromatic heterocycles. The van der Waals surface area contributed by atoms with Crippen molar-refractivity contribution in [2.75, 3.05) is 7.05 Å². The Labute approximate surface area is 102 Å². The van der Waals surface area contributed by atoms with E-state index in [2.05, 4.69) is 34.6 Å². The summed E-state index contributed by atoms with van der Waals surface area (Å²) in [5, 5.41) is 7.63. The Bertz CT molecular complexity index is 490. The van der Waals surface area contributed by atoms with Gasteiger partial charge in [-0.15, -0.1) is 0 Å². The third-order valence-corrected chi connectivity index (χ3v) is 2.85. The Balaban J connectivity index is 2.33. The van der Waals surface area contributed by atoms with Gasteiger partial charge >= 0.3 is 0 Å². The van der Waals surface area contributed by atoms with Gasteiger partial charge in [0, 0.05) is 30.2 Å². The molecule has 17 heavy (non-hydrogen) atoms. The van der Waals surface area contributed by atoms with Crippen molar-refractivity contribution in [2.24, 2.45) is 0 Å². The lowest BCUT2D eigenvalue weighted by Crippen LogP contribution is -2.17. The minimum atomic E-state index is 0.178. The second-order valence-electron chi connectivity index (χ2n) is 4.08. The summed E-state index contributed by atoms with van der Waals surface area (Å²) in [6, 6.07) is 4.32. The quantitative estimate of drug-likeness (QED) is 0.872. The first-order chi connectivity index (χ1) is 8.24. The normalized spacial score (nSPS) is 12.6. The van der Waals surface area contributed by atoms with E-state index in [-0.39, 0.29) is 6.04 Å². The first kappa shape index (κ1) is 11.8. The largest absolute Gasteiger partial charge is 0.309 e. The van der Waals surface area contributed by atoms with Crippen LogP contribution in [0.25, 0.3) is 0 Å². The Morgan fingerprint density at radius 1 is 1.41 bits per heavy atom. The zero-order valence-corrected chi connectivity index (χ0v) is 10.5. The highest BCUT2D eigenvalue weighted by Crippen LogP contribution is 2.21. The summed E-state index contributed by atoms with van der Waals surface area (Å²) in [7, 11) is 1.96. The Morgan fingerprint density at radius 2 is 2.24 bits per heavy atom. The molecule has 0 radical (unpaired) electrons. The molecule has 0 amide bonds. The fourth-order valence-electron chi connectivity index (χ4n) is 1.97. The zero-order valence-electron chi connectivity index (χ0n) is 10.5. The van der Waals surface area contributed by atoms with Gasteiger partial charge in [-0.25, -0.2) is 0 Å². The van der Waals surface area contributed by atoms with E-state index in [1.54, 1.807) is 0 Å². The number of pyridine rings is 1. The molecule has 0 aliphatic rings. The van der Waals surface area contributed by atoms with Crippen LogP contribution < -0.4 is 5.32 Å². The number of nitrogens with one attached hydrogen (secondary N) is 1. The molecular formula is C13H18N4. The van der Waals surface area contributed by atoms with Gasteiger partial charge in [-0.1, -0.05) is 0 Å². The maximum Gasteiger partial charge on any atom is 0.0606 e. The highest BCUT2D eigenvalue weighted by molar-refractivity contribution is 5.29. The van der Waals surface area contributed by atoms with Gasteiger partial charge < -0.3 is 5.32 Å². The van der Waals surface area contributed by atoms with Crippen LogP contribution >= 0.6 is 0 Å². The minimum Gasteiger partial charge on any atom is -0.309 e. The molecular weight excluding hydrogens is 212 g/mol. The van der Waals surface area contributed by atoms with E-state index in [0.717, 1.165) is 12.2 Å². The van der Waals surface area contributed by atoms with Crippen LogP contribution in [0.2, 0.25) is 0 Å². The Kier molecular flexibility index (Phi) is 3.54. The molecule has 0 saturated heterocycles. The van der Waals surface area contributed by atoms with Crippen LogP contribution in [-0.4, -0.2) is 21.8 Å². The molecule has 2 rings (SSSR count). The van der Waals surface area contributed by atoms with Crippen molar-refractivity contribution >= 4 is 0 Å². The predicted octanol–water partition coefficient (Wildman–Crippen LogP) is 1.92. The monoisotopic (exact) mass is 230 g/mol. The molecule has 1 N–H and O–H groups in total. The van der Waals surface area contributed by atoms with Crippen molar-refractivity contribution in [3.05, 3.63) is 47.5 Å². The van der Waals surface area contributed by atoms with Crippen LogP contribution in [0.1, 0.15) is 29.8 Å². The fourth-order valence-corrected chi connectivity index (χ4v) is 1.97. The van der Waals surface area contributed by atoms with Gasteiger partial charge in [-0.2, -0.15) is 5.10 Å². The molecule has 2 aromatic rings. The second-order valence-corrected chi connectivity index (χ2v) is 4.08. The SMILES string of the molecule is CCn1cc(C(NC)c2ccnc(C)c2)cn1. The van der Waals surface area contributed by atoms with Crippen LogP contribution in [0.15, 0.2) is 30.7 Å². The minimum absolute atomic E-state index is 0.178. The predicted molar refractivity (Wildman–Crippen MR) is 67.8 cm³/mol. The summed E-state index contributed by atoms with van der Waals surface area (Å²) >= 11 is 0. The molecule has 0 aromatic carbocycles. The summed E-state index contributed by atoms with van der Waals surface area (Å²) in [5.74, 6) is 0. The molecule has 1 unspecified atom stereocenters. The van der Waals surface area contributed by atoms with E-state index in [1.165, 1.54) is 11.1 Å². The maximum absolute atomic E-state index is 4.31. The van der Waals surface area contributed by atoms with Crippen molar-refractivity contribution in [2.45, 2.75) is 26.4 Å². The zero-order chi connectivity index (χ0) is 12.3. The van der Waals surface area contributed by atoms with E-state index in [0.29, 0.717) is 0 Å². The van der Waals surface area contributed by atoms with Crippen LogP contribution in [-0.2, 0) is 6.54 Å². The first-order valence-corrected chi connectivity index (χ1v) is 5.86. The lowest BCUT2D eigenvalue weighted by Gasteiger charge is -2.15. The summed E-state index contributed by atoms with van der Waals surface area (Å²) in [5.41, 5.74) is 3.43. The number of hydrogen-bond acceptors (Lipinski definition) is 3. The van der Waals surface area contributed by atoms with E-state index in [4.69, 9.17) is 0 Å². The molecule has 4 heteroatoms. The number of aromatic nitrogens is 3. The van der Waals surface area contributed by atoms with Crippen LogP contribution in [0, 0.1) is 6.92 Å². The van der Waals surface area contributed by atoms with Crippen LogP contribution in [0.5, 0.6) is 0 Å². The number of hydrogen-bond donors (Lipinski definition) is 1. The standard InChI is InChI=1S/C13H18N4/c1-4-17-9-12(8-16-17)13(14-3)11-5-6-15-10(2)7-11/h5-9,13-14H,4H2,1-3H3. The van der Waals surface area contributed by atoms with Crippen molar-refractivity contribution in [3.63, 3.8) is 0 Å². The second kappa shape index (κ2) is 5.10. The molecule has 4 nitrogen and oxygen atoms in total. The van der Waals surface area contributed by atoms with Crippen molar-refractivity contribution in [1.29, 1.82) is 0 Å². The van der Waals surface area contributed by atoms with Crippen LogP contribution in [0.4, 0.5) is 0 Å². The highest BCUT2D eigenvalue weighted by Gasteiger charge is 2.13. The Hall–Kier alpha value is -1.68. The molecule has 0 bridgehead atoms. The Morgan fingerprint density at radius 3 is 2.82 bits per heavy atom. The van der Waals surface area contributed by atoms with Gasteiger partial charge in [-0.05, 0) is 38.6 Å². The van der Waals surface area contributed by atoms with E-state index >= 15 is 0 Å². The average Bonchev–Trinajstić information content (AvgIpc) is 2.79. The molecule has 1 atom stereocenters. The van der Waals surface area contributed by atoms with Gasteiger partial charge in [-0.3, -0.25) is 9.67 Å². The van der Waals surface area contributed by atoms with Gasteiger partial charge in [0.05, 0.1) is 12.2 Å². The van der Waals surface area contributed by atoms with E-state index in [1.807, 2.05) is 37.1 Å². The van der Waals surface area contributed by atoms with Crippen molar-refractivity contribution < 1.29 is 0 Å². The highest BCUT2D eigenvalue weighted by atomic mass is 15.3. The first-order valence-electron chi connectivity index (χ1n) is 5.86. The molecule has 90 valence electrons. The average molecular weight is 230 g/mol. The van der Waals surface area contributed by atoms with E-state index in [9.17, 15) is 0 Å². The molecule has 0 spiro atoms. The van der Waals surface area contributed by atoms with E-state index < -0.39 is 0 Å². The third kappa shape index (κ3) is 2.53. The van der Waals surface area contributed by atoms with Gasteiger partial charge in [0.25, 0.3) is 0 Å². The summed E-state index contributed by atoms with van der Waals surface area (Å²) < 4.78 is 1.94. The van der Waals surface area contributed by atoms with Gasteiger partial charge in [0.1, 0.15) is 0 Å². The third-order valence-electron chi connectivity index (χ3n) is 2.85. The number of aryl methyl sites for hydroxylation is 2. The summed E-state index contributed by atoms with van der Waals surface area (Å²) in [6.07, 6.45) is 5.84. The molecule has 0 aliphatic heterocycles. The van der Waals surface area contributed by atoms with Crippen molar-refractivity contribution in [1.82, 2.24) is 20.1 Å². The molecule has 0 aliphatic carbocycles. The summed E-state index contributed by atoms with van der Waals surface area (Å²) in [6.45, 7) is 4.99. The van der Waals surface area contributed by atoms with Gasteiger partial charge in [0.2, 0.25) is 0 Å². The molecule has 0 saturated carbocycles. The van der Waals surface area contributed by atoms with Crippen LogP contribution in [0.3, 0.4) is 0 Å². The molecule has 2 heterocycles. The summed E-state index contributed by atoms with van der Waals surface area (Å²) in [4.78, 5) is 4.22. The maximum atomic E-state index is 4.31. The fraction of sp³-hybridized carbons (Fsp3) is 0.385. The number of nitrogens with zero attached hydrogens (tertiary/aromatic N) is 3. The lowest BCUT2D eigenvalue weighted by molar-refractivity contribution is 0.653. The lowest BCUT2D eigenvalue weighted by atomic mass is 10.0. The smallest absolute Gasteiger partial charge is 0.0606 e. The number of rotatable bonds is 4. The topological polar surface area (TPSA) is 42.7 Å². The van der Waals surface area contributed by atoms with Crippen molar-refractivity contribution in [3.8, 4) is 0 Å². The molecule has 0 fully saturated rings.